The molecule has 0 aromatic rings. The summed E-state index contributed by atoms with van der Waals surface area (Å²) in [5.41, 5.74) is 2.69. The standard InChI is InChI=1S/C22H27ClO2/c1-13-10-18-16-5-4-14-11-15(24)6-8-21(14,2)17(16)7-9-22(18,3)20(13)19(25)12-23/h6-8,11,13,16,18,20H,4-5,9-10,12H2,1-3H3/t13-,16+,18?,20-,21+,22+/m1/s1. The molecule has 0 N–H and O–H groups in total. The topological polar surface area (TPSA) is 34.1 Å². The van der Waals surface area contributed by atoms with E-state index in [9.17, 15) is 9.59 Å². The maximum Gasteiger partial charge on any atom is 0.178 e. The highest BCUT2D eigenvalue weighted by atomic mass is 35.5. The number of hydrogen-bond donors (Lipinski definition) is 0. The van der Waals surface area contributed by atoms with Crippen molar-refractivity contribution in [2.45, 2.75) is 46.5 Å². The fourth-order valence-corrected chi connectivity index (χ4v) is 6.83. The summed E-state index contributed by atoms with van der Waals surface area (Å²) in [5.74, 6) is 2.03. The number of halogens is 1. The quantitative estimate of drug-likeness (QED) is 0.520. The van der Waals surface area contributed by atoms with E-state index in [2.05, 4.69) is 32.9 Å². The zero-order chi connectivity index (χ0) is 18.0. The molecule has 0 bridgehead atoms. The largest absolute Gasteiger partial charge is 0.298 e. The molecule has 0 saturated heterocycles. The van der Waals surface area contributed by atoms with Gasteiger partial charge in [0.25, 0.3) is 0 Å². The molecule has 0 aliphatic heterocycles. The van der Waals surface area contributed by atoms with E-state index >= 15 is 0 Å². The van der Waals surface area contributed by atoms with Gasteiger partial charge in [-0.25, -0.2) is 0 Å². The molecule has 0 aromatic heterocycles. The van der Waals surface area contributed by atoms with Crippen molar-refractivity contribution < 1.29 is 9.59 Å². The molecule has 0 radical (unpaired) electrons. The van der Waals surface area contributed by atoms with Gasteiger partial charge in [0.2, 0.25) is 0 Å². The fourth-order valence-electron chi connectivity index (χ4n) is 6.66. The zero-order valence-corrected chi connectivity index (χ0v) is 16.1. The monoisotopic (exact) mass is 358 g/mol. The van der Waals surface area contributed by atoms with Gasteiger partial charge in [0.05, 0.1) is 5.88 Å². The average molecular weight is 359 g/mol. The Bertz CT molecular complexity index is 730. The van der Waals surface area contributed by atoms with Crippen LogP contribution < -0.4 is 0 Å². The Hall–Kier alpha value is -1.15. The lowest BCUT2D eigenvalue weighted by molar-refractivity contribution is -0.125. The first kappa shape index (κ1) is 17.3. The van der Waals surface area contributed by atoms with Gasteiger partial charge >= 0.3 is 0 Å². The number of fused-ring (bicyclic) bond motifs is 5. The van der Waals surface area contributed by atoms with Crippen LogP contribution in [0.2, 0.25) is 0 Å². The van der Waals surface area contributed by atoms with Crippen molar-refractivity contribution in [3.8, 4) is 0 Å². The smallest absolute Gasteiger partial charge is 0.178 e. The number of carbonyl (C=O) groups excluding carboxylic acids is 2. The Kier molecular flexibility index (Phi) is 3.92. The third-order valence-electron chi connectivity index (χ3n) is 7.77. The van der Waals surface area contributed by atoms with E-state index < -0.39 is 0 Å². The summed E-state index contributed by atoms with van der Waals surface area (Å²) < 4.78 is 0. The first-order chi connectivity index (χ1) is 11.8. The summed E-state index contributed by atoms with van der Waals surface area (Å²) >= 11 is 5.94. The molecule has 0 amide bonds. The van der Waals surface area contributed by atoms with E-state index in [0.29, 0.717) is 17.8 Å². The lowest BCUT2D eigenvalue weighted by atomic mass is 9.52. The number of hydrogen-bond acceptors (Lipinski definition) is 2. The van der Waals surface area contributed by atoms with Gasteiger partial charge in [-0.1, -0.05) is 37.1 Å². The predicted molar refractivity (Wildman–Crippen MR) is 100 cm³/mol. The second kappa shape index (κ2) is 5.67. The number of alkyl halides is 1. The third kappa shape index (κ3) is 2.29. The molecule has 25 heavy (non-hydrogen) atoms. The highest BCUT2D eigenvalue weighted by Crippen LogP contribution is 2.65. The minimum atomic E-state index is -0.101. The Morgan fingerprint density at radius 1 is 1.36 bits per heavy atom. The summed E-state index contributed by atoms with van der Waals surface area (Å²) in [6, 6.07) is 0. The van der Waals surface area contributed by atoms with Gasteiger partial charge in [-0.05, 0) is 67.9 Å². The van der Waals surface area contributed by atoms with E-state index in [4.69, 9.17) is 11.6 Å². The lowest BCUT2D eigenvalue weighted by Crippen LogP contribution is -2.45. The fraction of sp³-hybridized carbons (Fsp3) is 0.636. The van der Waals surface area contributed by atoms with Gasteiger partial charge in [0.1, 0.15) is 0 Å². The molecular formula is C22H27ClO2. The van der Waals surface area contributed by atoms with Gasteiger partial charge in [0.15, 0.2) is 11.6 Å². The van der Waals surface area contributed by atoms with Crippen molar-refractivity contribution in [2.24, 2.45) is 34.5 Å². The number of allylic oxidation sites excluding steroid dienone is 6. The highest BCUT2D eigenvalue weighted by Gasteiger charge is 2.58. The van der Waals surface area contributed by atoms with E-state index in [0.717, 1.165) is 25.7 Å². The molecule has 4 rings (SSSR count). The van der Waals surface area contributed by atoms with Crippen molar-refractivity contribution in [1.29, 1.82) is 0 Å². The lowest BCUT2D eigenvalue weighted by Gasteiger charge is -2.52. The first-order valence-corrected chi connectivity index (χ1v) is 10.1. The van der Waals surface area contributed by atoms with Crippen molar-refractivity contribution >= 4 is 23.2 Å². The number of carbonyl (C=O) groups is 2. The highest BCUT2D eigenvalue weighted by molar-refractivity contribution is 6.28. The molecular weight excluding hydrogens is 332 g/mol. The molecule has 2 saturated carbocycles. The first-order valence-electron chi connectivity index (χ1n) is 9.54. The van der Waals surface area contributed by atoms with Gasteiger partial charge < -0.3 is 0 Å². The van der Waals surface area contributed by atoms with E-state index in [1.807, 2.05) is 6.08 Å². The van der Waals surface area contributed by atoms with Crippen LogP contribution in [0.3, 0.4) is 0 Å². The van der Waals surface area contributed by atoms with Crippen LogP contribution >= 0.6 is 11.6 Å². The summed E-state index contributed by atoms with van der Waals surface area (Å²) in [7, 11) is 0. The van der Waals surface area contributed by atoms with Crippen LogP contribution in [0.1, 0.15) is 46.5 Å². The molecule has 0 spiro atoms. The average Bonchev–Trinajstić information content (AvgIpc) is 2.85. The summed E-state index contributed by atoms with van der Waals surface area (Å²) in [5, 5.41) is 0. The predicted octanol–water partition coefficient (Wildman–Crippen LogP) is 4.88. The molecule has 4 aliphatic rings. The third-order valence-corrected chi connectivity index (χ3v) is 8.03. The molecule has 3 heteroatoms. The molecule has 2 fully saturated rings. The van der Waals surface area contributed by atoms with Gasteiger partial charge in [-0.3, -0.25) is 9.59 Å². The van der Waals surface area contributed by atoms with Crippen molar-refractivity contribution in [2.75, 3.05) is 5.88 Å². The molecule has 2 nitrogen and oxygen atoms in total. The molecule has 134 valence electrons. The second-order valence-electron chi connectivity index (χ2n) is 9.02. The second-order valence-corrected chi connectivity index (χ2v) is 9.29. The van der Waals surface area contributed by atoms with Crippen LogP contribution in [-0.4, -0.2) is 17.4 Å². The Balaban J connectivity index is 1.75. The minimum Gasteiger partial charge on any atom is -0.298 e. The van der Waals surface area contributed by atoms with Gasteiger partial charge in [-0.2, -0.15) is 0 Å². The normalized spacial score (nSPS) is 45.2. The maximum absolute atomic E-state index is 12.6. The van der Waals surface area contributed by atoms with E-state index in [1.54, 1.807) is 6.08 Å². The van der Waals surface area contributed by atoms with Crippen molar-refractivity contribution in [3.05, 3.63) is 35.5 Å². The minimum absolute atomic E-state index is 0.0331. The van der Waals surface area contributed by atoms with Crippen molar-refractivity contribution in [1.82, 2.24) is 0 Å². The number of ketones is 2. The van der Waals surface area contributed by atoms with Crippen LogP contribution in [0.4, 0.5) is 0 Å². The zero-order valence-electron chi connectivity index (χ0n) is 15.3. The maximum atomic E-state index is 12.6. The van der Waals surface area contributed by atoms with E-state index in [-0.39, 0.29) is 34.2 Å². The van der Waals surface area contributed by atoms with Gasteiger partial charge in [0, 0.05) is 11.3 Å². The van der Waals surface area contributed by atoms with Crippen molar-refractivity contribution in [3.63, 3.8) is 0 Å². The van der Waals surface area contributed by atoms with Crippen LogP contribution in [0, 0.1) is 34.5 Å². The van der Waals surface area contributed by atoms with Crippen LogP contribution in [0.15, 0.2) is 35.5 Å². The SMILES string of the molecule is C[C@@H]1CC2[C@H]3CCC4=CC(=O)C=C[C@]4(C)C3=CC[C@]2(C)[C@H]1C(=O)CCl. The Morgan fingerprint density at radius 3 is 2.84 bits per heavy atom. The molecule has 1 unspecified atom stereocenters. The molecule has 0 heterocycles. The molecule has 6 atom stereocenters. The summed E-state index contributed by atoms with van der Waals surface area (Å²) in [6.07, 6.45) is 12.3. The summed E-state index contributed by atoms with van der Waals surface area (Å²) in [6.45, 7) is 6.81. The van der Waals surface area contributed by atoms with Crippen LogP contribution in [0.25, 0.3) is 0 Å². The van der Waals surface area contributed by atoms with Gasteiger partial charge in [-0.15, -0.1) is 11.6 Å². The summed E-state index contributed by atoms with van der Waals surface area (Å²) in [4.78, 5) is 24.4. The van der Waals surface area contributed by atoms with E-state index in [1.165, 1.54) is 11.1 Å². The Morgan fingerprint density at radius 2 is 2.12 bits per heavy atom. The van der Waals surface area contributed by atoms with Crippen LogP contribution in [0.5, 0.6) is 0 Å². The molecule has 4 aliphatic carbocycles. The Labute approximate surface area is 155 Å². The number of rotatable bonds is 2. The van der Waals surface area contributed by atoms with Crippen LogP contribution in [-0.2, 0) is 9.59 Å². The number of Topliss-reactive ketones (excluding diaryl/α,β-unsaturated/α-hetero) is 1. The molecule has 0 aromatic carbocycles.